The topological polar surface area (TPSA) is 72.2 Å². The number of nitriles is 1. The highest BCUT2D eigenvalue weighted by molar-refractivity contribution is 7.11. The summed E-state index contributed by atoms with van der Waals surface area (Å²) in [7, 11) is 1.52. The molecule has 0 spiro atoms. The number of methoxy groups -OCH3 is 1. The Morgan fingerprint density at radius 1 is 1.20 bits per heavy atom. The van der Waals surface area contributed by atoms with E-state index in [4.69, 9.17) is 9.47 Å². The van der Waals surface area contributed by atoms with Crippen LogP contribution in [0.2, 0.25) is 0 Å². The normalized spacial score (nSPS) is 13.6. The summed E-state index contributed by atoms with van der Waals surface area (Å²) in [6.45, 7) is 2.04. The van der Waals surface area contributed by atoms with Gasteiger partial charge in [0, 0.05) is 10.9 Å². The molecule has 0 atom stereocenters. The zero-order valence-electron chi connectivity index (χ0n) is 16.7. The van der Waals surface area contributed by atoms with Crippen LogP contribution in [-0.2, 0) is 4.79 Å². The van der Waals surface area contributed by atoms with Gasteiger partial charge in [0.15, 0.2) is 11.5 Å². The van der Waals surface area contributed by atoms with Crippen LogP contribution in [-0.4, -0.2) is 18.1 Å². The van der Waals surface area contributed by atoms with Crippen molar-refractivity contribution in [1.29, 1.82) is 5.26 Å². The second kappa shape index (κ2) is 8.52. The Balaban J connectivity index is 1.58. The summed E-state index contributed by atoms with van der Waals surface area (Å²) in [4.78, 5) is 16.6. The second-order valence-corrected chi connectivity index (χ2v) is 8.04. The number of aromatic nitrogens is 1. The fourth-order valence-corrected chi connectivity index (χ4v) is 3.73. The molecule has 0 unspecified atom stereocenters. The third-order valence-electron chi connectivity index (χ3n) is 4.82. The van der Waals surface area contributed by atoms with E-state index in [2.05, 4.69) is 11.1 Å². The van der Waals surface area contributed by atoms with Crippen molar-refractivity contribution >= 4 is 29.0 Å². The molecule has 5 nitrogen and oxygen atoms in total. The van der Waals surface area contributed by atoms with Crippen LogP contribution in [0.5, 0.6) is 11.5 Å². The molecular formula is C24H20N2O3S. The Morgan fingerprint density at radius 2 is 1.97 bits per heavy atom. The zero-order chi connectivity index (χ0) is 21.1. The van der Waals surface area contributed by atoms with E-state index in [1.165, 1.54) is 24.0 Å². The third kappa shape index (κ3) is 4.42. The highest BCUT2D eigenvalue weighted by Gasteiger charge is 2.32. The number of hydrogen-bond donors (Lipinski definition) is 0. The minimum atomic E-state index is -0.222. The van der Waals surface area contributed by atoms with Gasteiger partial charge in [-0.15, -0.1) is 11.3 Å². The van der Waals surface area contributed by atoms with E-state index in [1.807, 2.05) is 36.6 Å². The van der Waals surface area contributed by atoms with Gasteiger partial charge in [-0.05, 0) is 43.5 Å². The lowest BCUT2D eigenvalue weighted by atomic mass is 10.1. The number of thiazole rings is 1. The van der Waals surface area contributed by atoms with Gasteiger partial charge in [0.1, 0.15) is 11.1 Å². The lowest BCUT2D eigenvalue weighted by molar-refractivity contribution is -0.135. The summed E-state index contributed by atoms with van der Waals surface area (Å²) in [6.07, 6.45) is 3.52. The highest BCUT2D eigenvalue weighted by Crippen LogP contribution is 2.35. The van der Waals surface area contributed by atoms with Gasteiger partial charge in [-0.25, -0.2) is 4.98 Å². The summed E-state index contributed by atoms with van der Waals surface area (Å²) in [5.74, 6) is 0.628. The number of ether oxygens (including phenoxy) is 2. The monoisotopic (exact) mass is 416 g/mol. The molecule has 0 amide bonds. The van der Waals surface area contributed by atoms with E-state index in [-0.39, 0.29) is 11.9 Å². The second-order valence-electron chi connectivity index (χ2n) is 7.18. The van der Waals surface area contributed by atoms with Gasteiger partial charge in [0.25, 0.3) is 0 Å². The third-order valence-corrected chi connectivity index (χ3v) is 5.70. The first-order chi connectivity index (χ1) is 14.6. The van der Waals surface area contributed by atoms with E-state index < -0.39 is 0 Å². The van der Waals surface area contributed by atoms with Crippen LogP contribution in [0.1, 0.15) is 29.0 Å². The van der Waals surface area contributed by atoms with E-state index in [9.17, 15) is 10.1 Å². The van der Waals surface area contributed by atoms with Crippen molar-refractivity contribution in [2.45, 2.75) is 19.8 Å². The molecule has 2 aromatic carbocycles. The smallest absolute Gasteiger partial charge is 0.314 e. The summed E-state index contributed by atoms with van der Waals surface area (Å²) in [5.41, 5.74) is 4.27. The van der Waals surface area contributed by atoms with Gasteiger partial charge in [0.2, 0.25) is 0 Å². The minimum absolute atomic E-state index is 0.00657. The fraction of sp³-hybridized carbons (Fsp3) is 0.208. The maximum Gasteiger partial charge on any atom is 0.314 e. The van der Waals surface area contributed by atoms with Gasteiger partial charge >= 0.3 is 5.97 Å². The molecular weight excluding hydrogens is 396 g/mol. The molecule has 1 aliphatic rings. The van der Waals surface area contributed by atoms with Crippen molar-refractivity contribution in [2.75, 3.05) is 7.11 Å². The summed E-state index contributed by atoms with van der Waals surface area (Å²) in [6, 6.07) is 15.6. The first-order valence-corrected chi connectivity index (χ1v) is 10.5. The van der Waals surface area contributed by atoms with Crippen molar-refractivity contribution in [3.8, 4) is 28.8 Å². The molecule has 0 aliphatic heterocycles. The van der Waals surface area contributed by atoms with Gasteiger partial charge in [0.05, 0.1) is 24.3 Å². The lowest BCUT2D eigenvalue weighted by Gasteiger charge is -2.09. The molecule has 3 aromatic rings. The first kappa shape index (κ1) is 19.9. The Bertz CT molecular complexity index is 1150. The lowest BCUT2D eigenvalue weighted by Crippen LogP contribution is -2.10. The van der Waals surface area contributed by atoms with Crippen LogP contribution in [0, 0.1) is 24.2 Å². The van der Waals surface area contributed by atoms with Crippen LogP contribution in [0.4, 0.5) is 0 Å². The maximum absolute atomic E-state index is 11.9. The van der Waals surface area contributed by atoms with Crippen molar-refractivity contribution in [1.82, 2.24) is 4.98 Å². The predicted octanol–water partition coefficient (Wildman–Crippen LogP) is 5.51. The van der Waals surface area contributed by atoms with Crippen molar-refractivity contribution in [2.24, 2.45) is 5.92 Å². The van der Waals surface area contributed by atoms with Gasteiger partial charge in [-0.2, -0.15) is 5.26 Å². The standard InChI is InChI=1S/C24H20N2O3S/c1-15-3-6-17(7-4-15)20-14-30-23(26-20)19(13-25)11-16-5-10-21(22(12-16)28-2)29-24(27)18-8-9-18/h3-7,10-12,14,18H,8-9H2,1-2H3/b19-11+. The summed E-state index contributed by atoms with van der Waals surface area (Å²) >= 11 is 1.43. The maximum atomic E-state index is 11.9. The van der Waals surface area contributed by atoms with Crippen molar-refractivity contribution in [3.05, 3.63) is 64.0 Å². The number of allylic oxidation sites excluding steroid dienone is 1. The molecule has 150 valence electrons. The van der Waals surface area contributed by atoms with Crippen molar-refractivity contribution < 1.29 is 14.3 Å². The molecule has 30 heavy (non-hydrogen) atoms. The number of carbonyl (C=O) groups excluding carboxylic acids is 1. The summed E-state index contributed by atoms with van der Waals surface area (Å²) in [5, 5.41) is 12.3. The highest BCUT2D eigenvalue weighted by atomic mass is 32.1. The number of nitrogens with zero attached hydrogens (tertiary/aromatic N) is 2. The molecule has 6 heteroatoms. The molecule has 1 heterocycles. The van der Waals surface area contributed by atoms with E-state index in [0.717, 1.165) is 29.7 Å². The predicted molar refractivity (Wildman–Crippen MR) is 117 cm³/mol. The van der Waals surface area contributed by atoms with Crippen LogP contribution in [0.25, 0.3) is 22.9 Å². The molecule has 1 fully saturated rings. The molecule has 0 saturated heterocycles. The van der Waals surface area contributed by atoms with Gasteiger partial charge < -0.3 is 9.47 Å². The van der Waals surface area contributed by atoms with Gasteiger partial charge in [-0.1, -0.05) is 35.9 Å². The average Bonchev–Trinajstić information content (AvgIpc) is 3.51. The fourth-order valence-electron chi connectivity index (χ4n) is 2.93. The van der Waals surface area contributed by atoms with Crippen LogP contribution in [0.3, 0.4) is 0 Å². The first-order valence-electron chi connectivity index (χ1n) is 9.62. The zero-order valence-corrected chi connectivity index (χ0v) is 17.5. The molecule has 0 bridgehead atoms. The molecule has 1 saturated carbocycles. The SMILES string of the molecule is COc1cc(/C=C(\C#N)c2nc(-c3ccc(C)cc3)cs2)ccc1OC(=O)C1CC1. The van der Waals surface area contributed by atoms with Crippen LogP contribution in [0.15, 0.2) is 47.8 Å². The number of carbonyl (C=O) groups is 1. The largest absolute Gasteiger partial charge is 0.493 e. The number of aryl methyl sites for hydroxylation is 1. The molecule has 0 radical (unpaired) electrons. The molecule has 0 N–H and O–H groups in total. The number of benzene rings is 2. The Hall–Kier alpha value is -3.43. The van der Waals surface area contributed by atoms with Crippen LogP contribution >= 0.6 is 11.3 Å². The van der Waals surface area contributed by atoms with E-state index in [0.29, 0.717) is 22.1 Å². The van der Waals surface area contributed by atoms with E-state index in [1.54, 1.807) is 24.3 Å². The van der Waals surface area contributed by atoms with Crippen molar-refractivity contribution in [3.63, 3.8) is 0 Å². The van der Waals surface area contributed by atoms with E-state index >= 15 is 0 Å². The quantitative estimate of drug-likeness (QED) is 0.301. The Labute approximate surface area is 179 Å². The Kier molecular flexibility index (Phi) is 5.64. The number of hydrogen-bond acceptors (Lipinski definition) is 6. The summed E-state index contributed by atoms with van der Waals surface area (Å²) < 4.78 is 10.8. The Morgan fingerprint density at radius 3 is 2.63 bits per heavy atom. The number of esters is 1. The minimum Gasteiger partial charge on any atom is -0.493 e. The number of rotatable bonds is 6. The van der Waals surface area contributed by atoms with Gasteiger partial charge in [-0.3, -0.25) is 4.79 Å². The van der Waals surface area contributed by atoms with Crippen LogP contribution < -0.4 is 9.47 Å². The average molecular weight is 417 g/mol. The molecule has 1 aliphatic carbocycles. The molecule has 4 rings (SSSR count). The molecule has 1 aromatic heterocycles.